The van der Waals surface area contributed by atoms with E-state index in [2.05, 4.69) is 22.2 Å². The van der Waals surface area contributed by atoms with Gasteiger partial charge in [0.2, 0.25) is 10.0 Å². The van der Waals surface area contributed by atoms with Crippen molar-refractivity contribution in [2.45, 2.75) is 50.3 Å². The third kappa shape index (κ3) is 3.79. The van der Waals surface area contributed by atoms with Crippen molar-refractivity contribution in [3.8, 4) is 11.5 Å². The summed E-state index contributed by atoms with van der Waals surface area (Å²) in [4.78, 5) is -0.0390. The van der Waals surface area contributed by atoms with Gasteiger partial charge in [0.05, 0.1) is 4.90 Å². The predicted octanol–water partition coefficient (Wildman–Crippen LogP) is 3.01. The number of benzene rings is 1. The largest absolute Gasteiger partial charge is 0.301 e. The molecule has 1 aromatic carbocycles. The van der Waals surface area contributed by atoms with Crippen molar-refractivity contribution in [3.63, 3.8) is 0 Å². The SMILES string of the molecule is CCSc1nnc(-c2nn(C)c3c2CN(S(=O)(=O)c2ccc(C)c(F)c2)CC3)n1CC. The molecule has 1 aliphatic rings. The Bertz CT molecular complexity index is 1230. The molecule has 0 radical (unpaired) electrons. The number of thioether (sulfide) groups is 1. The standard InChI is InChI=1S/C20H25FN6O2S2/c1-5-27-19(22-23-20(27)30-6-2)18-15-12-26(10-9-17(15)25(4)24-18)31(28,29)14-8-7-13(3)16(21)11-14/h7-8,11H,5-6,9-10,12H2,1-4H3. The number of halogens is 1. The molecule has 0 N–H and O–H groups in total. The monoisotopic (exact) mass is 464 g/mol. The second-order valence-corrected chi connectivity index (χ2v) is 10.5. The molecule has 166 valence electrons. The van der Waals surface area contributed by atoms with E-state index in [4.69, 9.17) is 0 Å². The molecule has 0 saturated carbocycles. The van der Waals surface area contributed by atoms with Crippen LogP contribution in [-0.2, 0) is 36.6 Å². The van der Waals surface area contributed by atoms with Gasteiger partial charge in [0, 0.05) is 44.4 Å². The highest BCUT2D eigenvalue weighted by Gasteiger charge is 2.34. The summed E-state index contributed by atoms with van der Waals surface area (Å²) in [7, 11) is -1.99. The van der Waals surface area contributed by atoms with Crippen LogP contribution in [0.15, 0.2) is 28.3 Å². The molecule has 31 heavy (non-hydrogen) atoms. The third-order valence-corrected chi connectivity index (χ3v) is 8.20. The highest BCUT2D eigenvalue weighted by atomic mass is 32.2. The second-order valence-electron chi connectivity index (χ2n) is 7.38. The summed E-state index contributed by atoms with van der Waals surface area (Å²) in [6.45, 7) is 6.82. The lowest BCUT2D eigenvalue weighted by molar-refractivity contribution is 0.386. The maximum Gasteiger partial charge on any atom is 0.243 e. The fourth-order valence-corrected chi connectivity index (χ4v) is 5.97. The first-order valence-electron chi connectivity index (χ1n) is 10.1. The van der Waals surface area contributed by atoms with Gasteiger partial charge in [-0.25, -0.2) is 12.8 Å². The maximum atomic E-state index is 14.0. The zero-order valence-corrected chi connectivity index (χ0v) is 19.6. The van der Waals surface area contributed by atoms with E-state index in [1.807, 2.05) is 18.5 Å². The maximum absolute atomic E-state index is 14.0. The molecule has 0 spiro atoms. The Morgan fingerprint density at radius 2 is 2.00 bits per heavy atom. The van der Waals surface area contributed by atoms with Gasteiger partial charge in [0.25, 0.3) is 0 Å². The van der Waals surface area contributed by atoms with Gasteiger partial charge in [-0.2, -0.15) is 9.40 Å². The number of aromatic nitrogens is 5. The summed E-state index contributed by atoms with van der Waals surface area (Å²) >= 11 is 1.60. The van der Waals surface area contributed by atoms with E-state index in [1.165, 1.54) is 16.4 Å². The van der Waals surface area contributed by atoms with Crippen LogP contribution in [0.3, 0.4) is 0 Å². The summed E-state index contributed by atoms with van der Waals surface area (Å²) in [5.41, 5.74) is 2.85. The van der Waals surface area contributed by atoms with Gasteiger partial charge in [-0.1, -0.05) is 24.8 Å². The summed E-state index contributed by atoms with van der Waals surface area (Å²) in [6.07, 6.45) is 0.517. The van der Waals surface area contributed by atoms with E-state index in [-0.39, 0.29) is 11.4 Å². The van der Waals surface area contributed by atoms with Crippen LogP contribution in [0.5, 0.6) is 0 Å². The van der Waals surface area contributed by atoms with Crippen molar-refractivity contribution in [1.29, 1.82) is 0 Å². The number of fused-ring (bicyclic) bond motifs is 1. The minimum Gasteiger partial charge on any atom is -0.301 e. The highest BCUT2D eigenvalue weighted by molar-refractivity contribution is 7.99. The van der Waals surface area contributed by atoms with Crippen molar-refractivity contribution in [2.75, 3.05) is 12.3 Å². The molecule has 0 atom stereocenters. The molecule has 1 aliphatic heterocycles. The number of nitrogens with zero attached hydrogens (tertiary/aromatic N) is 6. The Morgan fingerprint density at radius 1 is 1.23 bits per heavy atom. The van der Waals surface area contributed by atoms with Crippen molar-refractivity contribution in [1.82, 2.24) is 28.9 Å². The van der Waals surface area contributed by atoms with E-state index in [0.717, 1.165) is 28.2 Å². The van der Waals surface area contributed by atoms with E-state index >= 15 is 0 Å². The third-order valence-electron chi connectivity index (χ3n) is 5.51. The lowest BCUT2D eigenvalue weighted by Crippen LogP contribution is -2.36. The fraction of sp³-hybridized carbons (Fsp3) is 0.450. The Morgan fingerprint density at radius 3 is 2.68 bits per heavy atom. The van der Waals surface area contributed by atoms with E-state index in [1.54, 1.807) is 23.4 Å². The molecule has 8 nitrogen and oxygen atoms in total. The van der Waals surface area contributed by atoms with Crippen LogP contribution in [0.25, 0.3) is 11.5 Å². The first-order valence-corrected chi connectivity index (χ1v) is 12.6. The van der Waals surface area contributed by atoms with Crippen LogP contribution in [0.4, 0.5) is 4.39 Å². The Balaban J connectivity index is 1.74. The van der Waals surface area contributed by atoms with Crippen LogP contribution in [0, 0.1) is 12.7 Å². The average molecular weight is 465 g/mol. The summed E-state index contributed by atoms with van der Waals surface area (Å²) in [5.74, 6) is 0.978. The van der Waals surface area contributed by atoms with Crippen molar-refractivity contribution in [2.24, 2.45) is 7.05 Å². The van der Waals surface area contributed by atoms with Crippen LogP contribution < -0.4 is 0 Å². The Kier molecular flexibility index (Phi) is 5.93. The highest BCUT2D eigenvalue weighted by Crippen LogP contribution is 2.33. The zero-order chi connectivity index (χ0) is 22.3. The molecule has 0 saturated heterocycles. The minimum atomic E-state index is -3.84. The molecule has 11 heteroatoms. The van der Waals surface area contributed by atoms with Gasteiger partial charge in [-0.05, 0) is 37.3 Å². The molecular formula is C20H25FN6O2S2. The molecule has 0 fully saturated rings. The number of rotatable bonds is 6. The molecule has 0 bridgehead atoms. The Hall–Kier alpha value is -2.24. The van der Waals surface area contributed by atoms with E-state index in [0.29, 0.717) is 36.6 Å². The van der Waals surface area contributed by atoms with Gasteiger partial charge in [0.15, 0.2) is 11.0 Å². The molecule has 0 aliphatic carbocycles. The number of sulfonamides is 1. The average Bonchev–Trinajstić information content (AvgIpc) is 3.30. The number of hydrogen-bond donors (Lipinski definition) is 0. The van der Waals surface area contributed by atoms with Gasteiger partial charge >= 0.3 is 0 Å². The van der Waals surface area contributed by atoms with Gasteiger partial charge in [0.1, 0.15) is 11.5 Å². The quantitative estimate of drug-likeness (QED) is 0.522. The lowest BCUT2D eigenvalue weighted by Gasteiger charge is -2.27. The minimum absolute atomic E-state index is 0.0390. The second kappa shape index (κ2) is 8.36. The van der Waals surface area contributed by atoms with Crippen molar-refractivity contribution in [3.05, 3.63) is 40.8 Å². The molecule has 4 rings (SSSR count). The van der Waals surface area contributed by atoms with Crippen LogP contribution in [0.2, 0.25) is 0 Å². The van der Waals surface area contributed by atoms with Crippen molar-refractivity contribution < 1.29 is 12.8 Å². The first-order chi connectivity index (χ1) is 14.8. The zero-order valence-electron chi connectivity index (χ0n) is 18.0. The normalized spacial score (nSPS) is 14.7. The molecule has 2 aromatic heterocycles. The smallest absolute Gasteiger partial charge is 0.243 e. The van der Waals surface area contributed by atoms with Crippen molar-refractivity contribution >= 4 is 21.8 Å². The molecular weight excluding hydrogens is 439 g/mol. The summed E-state index contributed by atoms with van der Waals surface area (Å²) in [5, 5.41) is 14.1. The lowest BCUT2D eigenvalue weighted by atomic mass is 10.1. The predicted molar refractivity (Wildman–Crippen MR) is 117 cm³/mol. The molecule has 0 unspecified atom stereocenters. The van der Waals surface area contributed by atoms with Crippen LogP contribution in [-0.4, -0.2) is 49.6 Å². The number of hydrogen-bond acceptors (Lipinski definition) is 6. The number of aryl methyl sites for hydroxylation is 2. The van der Waals surface area contributed by atoms with E-state index in [9.17, 15) is 12.8 Å². The van der Waals surface area contributed by atoms with Gasteiger partial charge in [-0.3, -0.25) is 4.68 Å². The van der Waals surface area contributed by atoms with E-state index < -0.39 is 15.8 Å². The summed E-state index contributed by atoms with van der Waals surface area (Å²) < 4.78 is 45.7. The summed E-state index contributed by atoms with van der Waals surface area (Å²) in [6, 6.07) is 4.03. The topological polar surface area (TPSA) is 85.9 Å². The van der Waals surface area contributed by atoms with Gasteiger partial charge in [-0.15, -0.1) is 10.2 Å². The van der Waals surface area contributed by atoms with Crippen LogP contribution >= 0.6 is 11.8 Å². The molecule has 3 heterocycles. The Labute approximate surface area is 185 Å². The first kappa shape index (κ1) is 22.0. The van der Waals surface area contributed by atoms with Gasteiger partial charge < -0.3 is 4.57 Å². The molecule has 3 aromatic rings. The van der Waals surface area contributed by atoms with Crippen LogP contribution in [0.1, 0.15) is 30.7 Å². The molecule has 0 amide bonds. The fourth-order valence-electron chi connectivity index (χ4n) is 3.82.